The van der Waals surface area contributed by atoms with Crippen molar-refractivity contribution < 1.29 is 10.2 Å². The van der Waals surface area contributed by atoms with Crippen LogP contribution in [0.3, 0.4) is 0 Å². The zero-order valence-corrected chi connectivity index (χ0v) is 14.8. The highest BCUT2D eigenvalue weighted by molar-refractivity contribution is 8.08. The molecule has 1 atom stereocenters. The molecule has 3 rings (SSSR count). The van der Waals surface area contributed by atoms with Gasteiger partial charge in [0.15, 0.2) is 0 Å². The largest absolute Gasteiger partial charge is 0.507 e. The lowest BCUT2D eigenvalue weighted by molar-refractivity contribution is 0.463. The number of phenols is 2. The summed E-state index contributed by atoms with van der Waals surface area (Å²) in [6.45, 7) is 7.97. The van der Waals surface area contributed by atoms with Gasteiger partial charge in [-0.1, -0.05) is 29.8 Å². The van der Waals surface area contributed by atoms with E-state index in [9.17, 15) is 10.2 Å². The van der Waals surface area contributed by atoms with E-state index in [4.69, 9.17) is 0 Å². The molecule has 2 aromatic carbocycles. The molecule has 120 valence electrons. The second-order valence-corrected chi connectivity index (χ2v) is 7.65. The topological polar surface area (TPSA) is 40.5 Å². The van der Waals surface area contributed by atoms with Gasteiger partial charge in [-0.3, -0.25) is 0 Å². The molecule has 1 heterocycles. The summed E-state index contributed by atoms with van der Waals surface area (Å²) in [5, 5.41) is 21.0. The maximum atomic E-state index is 10.4. The van der Waals surface area contributed by atoms with Crippen molar-refractivity contribution in [3.63, 3.8) is 0 Å². The van der Waals surface area contributed by atoms with Gasteiger partial charge < -0.3 is 10.2 Å². The number of benzene rings is 2. The maximum absolute atomic E-state index is 10.4. The summed E-state index contributed by atoms with van der Waals surface area (Å²) in [6.07, 6.45) is 3.03. The lowest BCUT2D eigenvalue weighted by atomic mass is 10.0. The normalized spacial score (nSPS) is 17.4. The van der Waals surface area contributed by atoms with E-state index in [-0.39, 0.29) is 5.25 Å². The number of hydrogen-bond acceptors (Lipinski definition) is 3. The first-order valence-corrected chi connectivity index (χ1v) is 8.72. The molecule has 0 saturated carbocycles. The summed E-state index contributed by atoms with van der Waals surface area (Å²) in [6, 6.07) is 8.10. The molecular formula is C20H22O2S. The van der Waals surface area contributed by atoms with Crippen molar-refractivity contribution in [1.82, 2.24) is 0 Å². The fourth-order valence-corrected chi connectivity index (χ4v) is 4.49. The minimum absolute atomic E-state index is 0.198. The first-order chi connectivity index (χ1) is 10.9. The molecule has 1 unspecified atom stereocenters. The van der Waals surface area contributed by atoms with Crippen molar-refractivity contribution in [2.24, 2.45) is 0 Å². The van der Waals surface area contributed by atoms with E-state index in [0.717, 1.165) is 39.1 Å². The van der Waals surface area contributed by atoms with Gasteiger partial charge in [-0.15, -0.1) is 11.8 Å². The highest BCUT2D eigenvalue weighted by atomic mass is 32.2. The number of allylic oxidation sites excluding steroid dienone is 1. The predicted molar refractivity (Wildman–Crippen MR) is 98.1 cm³/mol. The van der Waals surface area contributed by atoms with Gasteiger partial charge in [0.2, 0.25) is 0 Å². The first kappa shape index (κ1) is 16.0. The second kappa shape index (κ2) is 5.97. The Bertz CT molecular complexity index is 806. The van der Waals surface area contributed by atoms with Crippen molar-refractivity contribution in [3.05, 3.63) is 63.7 Å². The lowest BCUT2D eigenvalue weighted by Gasteiger charge is -2.16. The number of phenolic OH excluding ortho intramolecular Hbond substituents is 2. The van der Waals surface area contributed by atoms with Crippen molar-refractivity contribution >= 4 is 16.7 Å². The van der Waals surface area contributed by atoms with Gasteiger partial charge in [0.05, 0.1) is 0 Å². The average Bonchev–Trinajstić information content (AvgIpc) is 2.96. The number of thioether (sulfide) groups is 1. The molecule has 0 spiro atoms. The van der Waals surface area contributed by atoms with Crippen LogP contribution in [0.25, 0.3) is 4.91 Å². The van der Waals surface area contributed by atoms with Crippen LogP contribution in [-0.2, 0) is 0 Å². The molecule has 23 heavy (non-hydrogen) atoms. The Morgan fingerprint density at radius 1 is 0.870 bits per heavy atom. The summed E-state index contributed by atoms with van der Waals surface area (Å²) in [7, 11) is 0. The Morgan fingerprint density at radius 2 is 1.48 bits per heavy atom. The molecule has 2 N–H and O–H groups in total. The van der Waals surface area contributed by atoms with Gasteiger partial charge in [-0.05, 0) is 56.9 Å². The number of aryl methyl sites for hydroxylation is 4. The van der Waals surface area contributed by atoms with Crippen LogP contribution in [0.1, 0.15) is 45.1 Å². The van der Waals surface area contributed by atoms with Crippen LogP contribution >= 0.6 is 11.8 Å². The summed E-state index contributed by atoms with van der Waals surface area (Å²) in [4.78, 5) is 1.10. The van der Waals surface area contributed by atoms with Gasteiger partial charge in [0.25, 0.3) is 0 Å². The highest BCUT2D eigenvalue weighted by Gasteiger charge is 2.25. The minimum atomic E-state index is 0.198. The smallest absolute Gasteiger partial charge is 0.126 e. The van der Waals surface area contributed by atoms with E-state index in [1.807, 2.05) is 39.0 Å². The van der Waals surface area contributed by atoms with Crippen molar-refractivity contribution in [2.75, 3.05) is 0 Å². The van der Waals surface area contributed by atoms with E-state index < -0.39 is 0 Å². The number of aromatic hydroxyl groups is 2. The average molecular weight is 326 g/mol. The third-order valence-electron chi connectivity index (χ3n) is 4.32. The van der Waals surface area contributed by atoms with Crippen LogP contribution in [0.2, 0.25) is 0 Å². The molecule has 3 heteroatoms. The SMILES string of the molecule is Cc1cc(C)c(O)c(C2=CCC(c3cc(C)cc(C)c3O)S2)c1. The summed E-state index contributed by atoms with van der Waals surface area (Å²) in [5.74, 6) is 0.757. The Morgan fingerprint density at radius 3 is 2.17 bits per heavy atom. The van der Waals surface area contributed by atoms with Gasteiger partial charge in [-0.25, -0.2) is 0 Å². The van der Waals surface area contributed by atoms with Gasteiger partial charge >= 0.3 is 0 Å². The molecule has 0 saturated heterocycles. The van der Waals surface area contributed by atoms with Crippen LogP contribution in [-0.4, -0.2) is 10.2 Å². The molecule has 0 aromatic heterocycles. The molecule has 0 aliphatic carbocycles. The molecule has 0 amide bonds. The Balaban J connectivity index is 1.93. The first-order valence-electron chi connectivity index (χ1n) is 7.84. The monoisotopic (exact) mass is 326 g/mol. The van der Waals surface area contributed by atoms with E-state index in [0.29, 0.717) is 11.5 Å². The third-order valence-corrected chi connectivity index (χ3v) is 5.69. The minimum Gasteiger partial charge on any atom is -0.507 e. The van der Waals surface area contributed by atoms with Crippen molar-refractivity contribution in [1.29, 1.82) is 0 Å². The number of hydrogen-bond donors (Lipinski definition) is 2. The van der Waals surface area contributed by atoms with Gasteiger partial charge in [0, 0.05) is 21.3 Å². The molecular weight excluding hydrogens is 304 g/mol. The Labute approximate surface area is 141 Å². The summed E-state index contributed by atoms with van der Waals surface area (Å²) < 4.78 is 0. The van der Waals surface area contributed by atoms with Gasteiger partial charge in [-0.2, -0.15) is 0 Å². The van der Waals surface area contributed by atoms with Crippen LogP contribution in [0.4, 0.5) is 0 Å². The highest BCUT2D eigenvalue weighted by Crippen LogP contribution is 2.52. The zero-order valence-electron chi connectivity index (χ0n) is 14.0. The Hall–Kier alpha value is -1.87. The Kier molecular flexibility index (Phi) is 4.15. The van der Waals surface area contributed by atoms with E-state index >= 15 is 0 Å². The fourth-order valence-electron chi connectivity index (χ4n) is 3.21. The lowest BCUT2D eigenvalue weighted by Crippen LogP contribution is -1.93. The quantitative estimate of drug-likeness (QED) is 0.760. The van der Waals surface area contributed by atoms with Crippen molar-refractivity contribution in [2.45, 2.75) is 39.4 Å². The third kappa shape index (κ3) is 2.98. The van der Waals surface area contributed by atoms with Crippen LogP contribution in [0.5, 0.6) is 11.5 Å². The molecule has 0 bridgehead atoms. The van der Waals surface area contributed by atoms with E-state index in [2.05, 4.69) is 19.1 Å². The number of rotatable bonds is 2. The van der Waals surface area contributed by atoms with Crippen LogP contribution in [0, 0.1) is 27.7 Å². The molecule has 1 aliphatic rings. The molecule has 0 radical (unpaired) electrons. The maximum Gasteiger partial charge on any atom is 0.126 e. The summed E-state index contributed by atoms with van der Waals surface area (Å²) in [5.41, 5.74) is 6.03. The standard InChI is InChI=1S/C20H22O2S/c1-11-7-13(3)19(21)15(9-11)17-5-6-18(23-17)16-10-12(2)8-14(4)20(16)22/h5,7-10,18,21-22H,6H2,1-4H3. The second-order valence-electron chi connectivity index (χ2n) is 6.41. The van der Waals surface area contributed by atoms with Crippen LogP contribution in [0.15, 0.2) is 30.3 Å². The van der Waals surface area contributed by atoms with Gasteiger partial charge in [0.1, 0.15) is 11.5 Å². The fraction of sp³-hybridized carbons (Fsp3) is 0.300. The van der Waals surface area contributed by atoms with Crippen molar-refractivity contribution in [3.8, 4) is 11.5 Å². The van der Waals surface area contributed by atoms with E-state index in [1.165, 1.54) is 5.56 Å². The zero-order chi connectivity index (χ0) is 16.7. The predicted octanol–water partition coefficient (Wildman–Crippen LogP) is 5.55. The van der Waals surface area contributed by atoms with Crippen LogP contribution < -0.4 is 0 Å². The molecule has 2 aromatic rings. The summed E-state index contributed by atoms with van der Waals surface area (Å²) >= 11 is 1.72. The molecule has 2 nitrogen and oxygen atoms in total. The van der Waals surface area contributed by atoms with E-state index in [1.54, 1.807) is 11.8 Å². The molecule has 1 aliphatic heterocycles. The molecule has 0 fully saturated rings.